The van der Waals surface area contributed by atoms with Gasteiger partial charge in [-0.2, -0.15) is 0 Å². The van der Waals surface area contributed by atoms with E-state index in [1.165, 1.54) is 44.9 Å². The van der Waals surface area contributed by atoms with E-state index in [0.29, 0.717) is 0 Å². The number of para-hydroxylation sites is 1. The minimum absolute atomic E-state index is 0.733. The lowest BCUT2D eigenvalue weighted by atomic mass is 10.0. The van der Waals surface area contributed by atoms with Gasteiger partial charge in [0.25, 0.3) is 0 Å². The molecule has 1 rings (SSSR count). The minimum atomic E-state index is 0.733. The lowest BCUT2D eigenvalue weighted by Gasteiger charge is -2.06. The number of benzene rings is 1. The van der Waals surface area contributed by atoms with Crippen molar-refractivity contribution in [2.24, 2.45) is 5.92 Å². The predicted molar refractivity (Wildman–Crippen MR) is 83.4 cm³/mol. The molecular formula is C18H29O. The average molecular weight is 261 g/mol. The van der Waals surface area contributed by atoms with Crippen molar-refractivity contribution >= 4 is 0 Å². The maximum Gasteiger partial charge on any atom is 0.119 e. The van der Waals surface area contributed by atoms with Gasteiger partial charge in [0, 0.05) is 0 Å². The van der Waals surface area contributed by atoms with E-state index in [0.717, 1.165) is 18.3 Å². The molecule has 0 bridgehead atoms. The molecular weight excluding hydrogens is 232 g/mol. The van der Waals surface area contributed by atoms with E-state index in [2.05, 4.69) is 20.3 Å². The van der Waals surface area contributed by atoms with Crippen LogP contribution < -0.4 is 4.74 Å². The third kappa shape index (κ3) is 9.58. The number of ether oxygens (including phenoxy) is 1. The van der Waals surface area contributed by atoms with Crippen molar-refractivity contribution in [2.45, 2.75) is 58.8 Å². The Morgan fingerprint density at radius 1 is 0.947 bits per heavy atom. The van der Waals surface area contributed by atoms with Crippen LogP contribution in [0, 0.1) is 12.3 Å². The molecule has 1 nitrogen and oxygen atoms in total. The van der Waals surface area contributed by atoms with Crippen molar-refractivity contribution < 1.29 is 4.74 Å². The van der Waals surface area contributed by atoms with Gasteiger partial charge in [0.1, 0.15) is 5.75 Å². The molecule has 0 unspecified atom stereocenters. The highest BCUT2D eigenvalue weighted by atomic mass is 16.5. The van der Waals surface area contributed by atoms with Gasteiger partial charge in [0.2, 0.25) is 0 Å². The average Bonchev–Trinajstić information content (AvgIpc) is 2.42. The first-order valence-electron chi connectivity index (χ1n) is 7.78. The van der Waals surface area contributed by atoms with Crippen LogP contribution >= 0.6 is 0 Å². The van der Waals surface area contributed by atoms with E-state index >= 15 is 0 Å². The molecule has 19 heavy (non-hydrogen) atoms. The fraction of sp³-hybridized carbons (Fsp3) is 0.611. The Balaban J connectivity index is 1.81. The van der Waals surface area contributed by atoms with Crippen LogP contribution in [0.25, 0.3) is 0 Å². The van der Waals surface area contributed by atoms with Crippen LogP contribution in [0.3, 0.4) is 0 Å². The predicted octanol–water partition coefficient (Wildman–Crippen LogP) is 5.66. The van der Waals surface area contributed by atoms with E-state index in [4.69, 9.17) is 4.74 Å². The third-order valence-corrected chi connectivity index (χ3v) is 3.30. The zero-order valence-corrected chi connectivity index (χ0v) is 12.6. The summed E-state index contributed by atoms with van der Waals surface area (Å²) in [6, 6.07) is 10.0. The maximum absolute atomic E-state index is 5.62. The minimum Gasteiger partial charge on any atom is -0.493 e. The van der Waals surface area contributed by atoms with Gasteiger partial charge in [0.15, 0.2) is 0 Å². The highest BCUT2D eigenvalue weighted by Gasteiger charge is 1.96. The zero-order chi connectivity index (χ0) is 13.8. The second-order valence-corrected chi connectivity index (χ2v) is 5.65. The summed E-state index contributed by atoms with van der Waals surface area (Å²) in [6.07, 6.45) is 11.7. The van der Waals surface area contributed by atoms with Gasteiger partial charge in [-0.25, -0.2) is 0 Å². The Kier molecular flexibility index (Phi) is 9.22. The van der Waals surface area contributed by atoms with Crippen molar-refractivity contribution in [1.29, 1.82) is 0 Å². The Morgan fingerprint density at radius 2 is 1.63 bits per heavy atom. The Labute approximate surface area is 119 Å². The topological polar surface area (TPSA) is 9.23 Å². The van der Waals surface area contributed by atoms with Gasteiger partial charge in [-0.3, -0.25) is 0 Å². The van der Waals surface area contributed by atoms with E-state index in [9.17, 15) is 0 Å². The fourth-order valence-electron chi connectivity index (χ4n) is 2.13. The van der Waals surface area contributed by atoms with Gasteiger partial charge in [-0.05, 0) is 30.9 Å². The molecule has 0 aromatic heterocycles. The van der Waals surface area contributed by atoms with Gasteiger partial charge >= 0.3 is 0 Å². The molecule has 0 N–H and O–H groups in total. The Hall–Kier alpha value is -0.980. The number of unbranched alkanes of at least 4 members (excludes halogenated alkanes) is 6. The highest BCUT2D eigenvalue weighted by molar-refractivity contribution is 5.20. The molecule has 0 atom stereocenters. The second kappa shape index (κ2) is 10.9. The quantitative estimate of drug-likeness (QED) is 0.467. The molecule has 1 aromatic carbocycles. The molecule has 0 aliphatic carbocycles. The summed E-state index contributed by atoms with van der Waals surface area (Å²) in [7, 11) is 0. The van der Waals surface area contributed by atoms with E-state index in [-0.39, 0.29) is 0 Å². The Bertz CT molecular complexity index is 292. The highest BCUT2D eigenvalue weighted by Crippen LogP contribution is 2.12. The standard InChI is InChI=1S/C18H29O/c1-17(2)13-9-6-4-3-5-7-12-16-19-18-14-10-8-11-15-18/h8,10-12,14-15,17H,3-7,9,13,16H2,1-2H3. The molecule has 0 amide bonds. The van der Waals surface area contributed by atoms with Crippen LogP contribution in [0.1, 0.15) is 58.8 Å². The van der Waals surface area contributed by atoms with Crippen molar-refractivity contribution in [1.82, 2.24) is 0 Å². The molecule has 0 heterocycles. The lowest BCUT2D eigenvalue weighted by molar-refractivity contribution is 0.343. The molecule has 0 aliphatic rings. The van der Waals surface area contributed by atoms with Crippen molar-refractivity contribution in [3.05, 3.63) is 36.8 Å². The van der Waals surface area contributed by atoms with Crippen molar-refractivity contribution in [3.63, 3.8) is 0 Å². The number of hydrogen-bond donors (Lipinski definition) is 0. The fourth-order valence-corrected chi connectivity index (χ4v) is 2.13. The molecule has 0 fully saturated rings. The second-order valence-electron chi connectivity index (χ2n) is 5.65. The normalized spacial score (nSPS) is 10.9. The first-order chi connectivity index (χ1) is 9.29. The van der Waals surface area contributed by atoms with E-state index < -0.39 is 0 Å². The first-order valence-corrected chi connectivity index (χ1v) is 7.78. The maximum atomic E-state index is 5.62. The van der Waals surface area contributed by atoms with Crippen LogP contribution in [-0.2, 0) is 0 Å². The van der Waals surface area contributed by atoms with Crippen molar-refractivity contribution in [3.8, 4) is 5.75 Å². The molecule has 1 heteroatoms. The summed E-state index contributed by atoms with van der Waals surface area (Å²) in [4.78, 5) is 0. The summed E-state index contributed by atoms with van der Waals surface area (Å²) < 4.78 is 5.62. The Morgan fingerprint density at radius 3 is 2.37 bits per heavy atom. The van der Waals surface area contributed by atoms with Gasteiger partial charge in [0.05, 0.1) is 6.61 Å². The van der Waals surface area contributed by atoms with Gasteiger partial charge in [-0.15, -0.1) is 0 Å². The number of hydrogen-bond acceptors (Lipinski definition) is 1. The smallest absolute Gasteiger partial charge is 0.119 e. The van der Waals surface area contributed by atoms with Crippen molar-refractivity contribution in [2.75, 3.05) is 6.61 Å². The van der Waals surface area contributed by atoms with Gasteiger partial charge in [-0.1, -0.05) is 70.6 Å². The monoisotopic (exact) mass is 261 g/mol. The third-order valence-electron chi connectivity index (χ3n) is 3.30. The van der Waals surface area contributed by atoms with Crippen LogP contribution in [0.4, 0.5) is 0 Å². The zero-order valence-electron chi connectivity index (χ0n) is 12.6. The summed E-state index contributed by atoms with van der Waals surface area (Å²) in [5.41, 5.74) is 0. The summed E-state index contributed by atoms with van der Waals surface area (Å²) in [5.74, 6) is 1.83. The van der Waals surface area contributed by atoms with Crippen LogP contribution in [0.2, 0.25) is 0 Å². The molecule has 0 saturated carbocycles. The summed E-state index contributed by atoms with van der Waals surface area (Å²) in [5, 5.41) is 0. The first kappa shape index (κ1) is 16.1. The molecule has 1 radical (unpaired) electrons. The van der Waals surface area contributed by atoms with Gasteiger partial charge < -0.3 is 4.74 Å². The van der Waals surface area contributed by atoms with E-state index in [1.807, 2.05) is 30.3 Å². The molecule has 0 saturated heterocycles. The number of rotatable bonds is 11. The SMILES string of the molecule is CC(C)CCCCCCC[CH]COc1ccccc1. The van der Waals surface area contributed by atoms with E-state index in [1.54, 1.807) is 0 Å². The molecule has 1 aromatic rings. The lowest BCUT2D eigenvalue weighted by Crippen LogP contribution is -1.97. The van der Waals surface area contributed by atoms with Crippen LogP contribution in [0.5, 0.6) is 5.75 Å². The largest absolute Gasteiger partial charge is 0.493 e. The summed E-state index contributed by atoms with van der Waals surface area (Å²) >= 11 is 0. The molecule has 0 aliphatic heterocycles. The summed E-state index contributed by atoms with van der Waals surface area (Å²) in [6.45, 7) is 5.35. The molecule has 107 valence electrons. The van der Waals surface area contributed by atoms with Crippen LogP contribution in [-0.4, -0.2) is 6.61 Å². The molecule has 0 spiro atoms. The van der Waals surface area contributed by atoms with Crippen LogP contribution in [0.15, 0.2) is 30.3 Å².